The van der Waals surface area contributed by atoms with Crippen molar-refractivity contribution in [3.63, 3.8) is 0 Å². The van der Waals surface area contributed by atoms with Gasteiger partial charge in [-0.05, 0) is 26.0 Å². The maximum Gasteiger partial charge on any atom is 0.256 e. The van der Waals surface area contributed by atoms with E-state index in [9.17, 15) is 9.59 Å². The fourth-order valence-corrected chi connectivity index (χ4v) is 2.37. The van der Waals surface area contributed by atoms with Crippen LogP contribution in [0, 0.1) is 0 Å². The summed E-state index contributed by atoms with van der Waals surface area (Å²) in [5, 5.41) is 11.7. The molecule has 3 rings (SSSR count). The van der Waals surface area contributed by atoms with E-state index in [4.69, 9.17) is 0 Å². The third-order valence-corrected chi connectivity index (χ3v) is 3.50. The molecule has 0 aromatic carbocycles. The van der Waals surface area contributed by atoms with E-state index in [2.05, 4.69) is 20.5 Å². The van der Waals surface area contributed by atoms with E-state index in [1.165, 1.54) is 12.2 Å². The molecule has 0 spiro atoms. The molecule has 3 heterocycles. The lowest BCUT2D eigenvalue weighted by atomic mass is 10.2. The van der Waals surface area contributed by atoms with Crippen molar-refractivity contribution in [1.29, 1.82) is 0 Å². The number of aryl methyl sites for hydroxylation is 1. The first-order valence-corrected chi connectivity index (χ1v) is 7.52. The first kappa shape index (κ1) is 15.7. The molecule has 0 radical (unpaired) electrons. The second-order valence-electron chi connectivity index (χ2n) is 5.77. The van der Waals surface area contributed by atoms with Crippen LogP contribution in [0.4, 0.5) is 5.69 Å². The van der Waals surface area contributed by atoms with E-state index in [1.54, 1.807) is 41.1 Å². The lowest BCUT2D eigenvalue weighted by Crippen LogP contribution is -2.13. The number of fused-ring (bicyclic) bond motifs is 1. The standard InChI is InChI=1S/C16H18N6O2/c1-10(2)22-15-12(7-18-22)6-11(16(24)20-15)4-5-14(23)19-13-8-17-21(3)9-13/h4-10H,1-3H3,(H,19,23)(H,20,24)/b5-4+. The molecule has 0 bridgehead atoms. The number of aromatic amines is 1. The maximum absolute atomic E-state index is 12.2. The summed E-state index contributed by atoms with van der Waals surface area (Å²) in [6.07, 6.45) is 7.72. The lowest BCUT2D eigenvalue weighted by molar-refractivity contribution is -0.111. The molecule has 2 N–H and O–H groups in total. The smallest absolute Gasteiger partial charge is 0.256 e. The van der Waals surface area contributed by atoms with Gasteiger partial charge in [0.2, 0.25) is 5.91 Å². The van der Waals surface area contributed by atoms with Crippen LogP contribution < -0.4 is 10.9 Å². The van der Waals surface area contributed by atoms with Crippen molar-refractivity contribution in [2.45, 2.75) is 19.9 Å². The van der Waals surface area contributed by atoms with E-state index >= 15 is 0 Å². The number of aromatic nitrogens is 5. The lowest BCUT2D eigenvalue weighted by Gasteiger charge is -2.06. The predicted octanol–water partition coefficient (Wildman–Crippen LogP) is 1.69. The number of carbonyl (C=O) groups is 1. The summed E-state index contributed by atoms with van der Waals surface area (Å²) in [5.41, 5.74) is 1.39. The Balaban J connectivity index is 1.83. The van der Waals surface area contributed by atoms with Crippen LogP contribution in [0.15, 0.2) is 35.5 Å². The Morgan fingerprint density at radius 3 is 2.79 bits per heavy atom. The predicted molar refractivity (Wildman–Crippen MR) is 91.6 cm³/mol. The number of hydrogen-bond donors (Lipinski definition) is 2. The Kier molecular flexibility index (Phi) is 4.03. The number of hydrogen-bond acceptors (Lipinski definition) is 4. The van der Waals surface area contributed by atoms with Crippen LogP contribution in [0.2, 0.25) is 0 Å². The topological polar surface area (TPSA) is 97.6 Å². The Morgan fingerprint density at radius 1 is 1.33 bits per heavy atom. The van der Waals surface area contributed by atoms with Crippen LogP contribution in [0.1, 0.15) is 25.5 Å². The first-order valence-electron chi connectivity index (χ1n) is 7.52. The number of amides is 1. The van der Waals surface area contributed by atoms with E-state index in [-0.39, 0.29) is 17.5 Å². The minimum Gasteiger partial charge on any atom is -0.320 e. The highest BCUT2D eigenvalue weighted by Crippen LogP contribution is 2.15. The third kappa shape index (κ3) is 3.12. The highest BCUT2D eigenvalue weighted by atomic mass is 16.1. The average Bonchev–Trinajstić information content (AvgIpc) is 3.10. The van der Waals surface area contributed by atoms with Crippen molar-refractivity contribution in [1.82, 2.24) is 24.5 Å². The van der Waals surface area contributed by atoms with Crippen LogP contribution >= 0.6 is 0 Å². The van der Waals surface area contributed by atoms with Gasteiger partial charge in [0.1, 0.15) is 5.65 Å². The van der Waals surface area contributed by atoms with Gasteiger partial charge in [-0.3, -0.25) is 14.3 Å². The molecule has 124 valence electrons. The molecule has 0 saturated heterocycles. The second kappa shape index (κ2) is 6.15. The number of H-pyrrole nitrogens is 1. The normalized spacial score (nSPS) is 11.7. The van der Waals surface area contributed by atoms with E-state index in [0.29, 0.717) is 16.9 Å². The van der Waals surface area contributed by atoms with Crippen LogP contribution in [-0.2, 0) is 11.8 Å². The summed E-state index contributed by atoms with van der Waals surface area (Å²) in [7, 11) is 1.76. The summed E-state index contributed by atoms with van der Waals surface area (Å²) in [6, 6.07) is 1.86. The van der Waals surface area contributed by atoms with Gasteiger partial charge in [0.15, 0.2) is 0 Å². The van der Waals surface area contributed by atoms with Gasteiger partial charge in [0.05, 0.1) is 18.1 Å². The van der Waals surface area contributed by atoms with Gasteiger partial charge in [-0.2, -0.15) is 10.2 Å². The number of pyridine rings is 1. The summed E-state index contributed by atoms with van der Waals surface area (Å²) >= 11 is 0. The highest BCUT2D eigenvalue weighted by molar-refractivity contribution is 6.01. The zero-order valence-electron chi connectivity index (χ0n) is 13.6. The molecule has 3 aromatic heterocycles. The quantitative estimate of drug-likeness (QED) is 0.713. The fourth-order valence-electron chi connectivity index (χ4n) is 2.37. The fraction of sp³-hybridized carbons (Fsp3) is 0.250. The zero-order chi connectivity index (χ0) is 17.3. The molecular weight excluding hydrogens is 308 g/mol. The number of carbonyl (C=O) groups excluding carboxylic acids is 1. The third-order valence-electron chi connectivity index (χ3n) is 3.50. The van der Waals surface area contributed by atoms with Crippen molar-refractivity contribution in [2.24, 2.45) is 7.05 Å². The van der Waals surface area contributed by atoms with Crippen molar-refractivity contribution in [3.05, 3.63) is 46.7 Å². The van der Waals surface area contributed by atoms with Gasteiger partial charge in [0, 0.05) is 36.3 Å². The van der Waals surface area contributed by atoms with Gasteiger partial charge in [0.25, 0.3) is 5.56 Å². The Morgan fingerprint density at radius 2 is 2.12 bits per heavy atom. The molecule has 0 fully saturated rings. The summed E-state index contributed by atoms with van der Waals surface area (Å²) in [5.74, 6) is -0.333. The van der Waals surface area contributed by atoms with Gasteiger partial charge < -0.3 is 10.3 Å². The summed E-state index contributed by atoms with van der Waals surface area (Å²) < 4.78 is 3.34. The van der Waals surface area contributed by atoms with Crippen molar-refractivity contribution in [2.75, 3.05) is 5.32 Å². The van der Waals surface area contributed by atoms with E-state index in [1.807, 2.05) is 13.8 Å². The molecule has 24 heavy (non-hydrogen) atoms. The number of nitrogens with one attached hydrogen (secondary N) is 2. The Labute approximate surface area is 137 Å². The highest BCUT2D eigenvalue weighted by Gasteiger charge is 2.09. The molecule has 0 atom stereocenters. The van der Waals surface area contributed by atoms with Gasteiger partial charge >= 0.3 is 0 Å². The van der Waals surface area contributed by atoms with E-state index in [0.717, 1.165) is 5.39 Å². The van der Waals surface area contributed by atoms with Crippen LogP contribution in [0.25, 0.3) is 17.1 Å². The molecule has 0 aliphatic heterocycles. The maximum atomic E-state index is 12.2. The Bertz CT molecular complexity index is 976. The Hall–Kier alpha value is -3.16. The summed E-state index contributed by atoms with van der Waals surface area (Å²) in [6.45, 7) is 3.97. The molecule has 1 amide bonds. The van der Waals surface area contributed by atoms with Crippen molar-refractivity contribution >= 4 is 28.7 Å². The number of rotatable bonds is 4. The molecule has 8 heteroatoms. The molecular formula is C16H18N6O2. The molecule has 0 aliphatic rings. The first-order chi connectivity index (χ1) is 11.4. The minimum atomic E-state index is -0.333. The molecule has 0 unspecified atom stereocenters. The molecule has 0 aliphatic carbocycles. The SMILES string of the molecule is CC(C)n1ncc2cc(/C=C/C(=O)Nc3cnn(C)c3)c(=O)[nH]c21. The van der Waals surface area contributed by atoms with Crippen LogP contribution in [0.5, 0.6) is 0 Å². The van der Waals surface area contributed by atoms with Crippen molar-refractivity contribution in [3.8, 4) is 0 Å². The van der Waals surface area contributed by atoms with Crippen LogP contribution in [-0.4, -0.2) is 30.5 Å². The number of anilines is 1. The molecule has 3 aromatic rings. The monoisotopic (exact) mass is 326 g/mol. The van der Waals surface area contributed by atoms with Gasteiger partial charge in [-0.25, -0.2) is 4.68 Å². The van der Waals surface area contributed by atoms with Gasteiger partial charge in [-0.15, -0.1) is 0 Å². The second-order valence-corrected chi connectivity index (χ2v) is 5.77. The van der Waals surface area contributed by atoms with Crippen molar-refractivity contribution < 1.29 is 4.79 Å². The van der Waals surface area contributed by atoms with Gasteiger partial charge in [-0.1, -0.05) is 0 Å². The average molecular weight is 326 g/mol. The number of nitrogens with zero attached hydrogens (tertiary/aromatic N) is 4. The van der Waals surface area contributed by atoms with E-state index < -0.39 is 0 Å². The summed E-state index contributed by atoms with van der Waals surface area (Å²) in [4.78, 5) is 26.9. The van der Waals surface area contributed by atoms with Crippen LogP contribution in [0.3, 0.4) is 0 Å². The molecule has 8 nitrogen and oxygen atoms in total. The molecule has 0 saturated carbocycles. The minimum absolute atomic E-state index is 0.143. The zero-order valence-corrected chi connectivity index (χ0v) is 13.6. The largest absolute Gasteiger partial charge is 0.320 e.